The van der Waals surface area contributed by atoms with Gasteiger partial charge in [0.2, 0.25) is 11.7 Å². The van der Waals surface area contributed by atoms with Crippen molar-refractivity contribution in [3.8, 4) is 5.75 Å². The highest BCUT2D eigenvalue weighted by molar-refractivity contribution is 6.33. The molecule has 1 aromatic carbocycles. The van der Waals surface area contributed by atoms with Crippen molar-refractivity contribution in [2.75, 3.05) is 31.6 Å². The first kappa shape index (κ1) is 34.0. The van der Waals surface area contributed by atoms with Gasteiger partial charge >= 0.3 is 6.18 Å². The molecular formula is C32H28Cl2F3N7O6. The van der Waals surface area contributed by atoms with Crippen molar-refractivity contribution in [2.24, 2.45) is 0 Å². The number of likely N-dealkylation sites (tertiary alicyclic amines) is 1. The smallest absolute Gasteiger partial charge is 0.416 e. The van der Waals surface area contributed by atoms with E-state index in [-0.39, 0.29) is 70.4 Å². The lowest BCUT2D eigenvalue weighted by Gasteiger charge is -2.39. The molecule has 1 saturated heterocycles. The molecule has 2 amide bonds. The molecule has 0 saturated carbocycles. The highest BCUT2D eigenvalue weighted by Crippen LogP contribution is 2.48. The minimum atomic E-state index is -4.62. The number of halogens is 5. The largest absolute Gasteiger partial charge is 0.505 e. The van der Waals surface area contributed by atoms with Crippen LogP contribution in [-0.2, 0) is 32.6 Å². The van der Waals surface area contributed by atoms with E-state index in [2.05, 4.69) is 20.4 Å². The SMILES string of the molecule is C[C@H]1OC2(CCN(C(=O)c3nc(Cl)ccc3O)CC2)c2c1n(CC(=O)Nc1ccc(C(F)(F)F)cc1Cl)c1nc(C3=CCOCC3)nn1c2=O. The van der Waals surface area contributed by atoms with Gasteiger partial charge in [-0.25, -0.2) is 4.98 Å². The van der Waals surface area contributed by atoms with Crippen molar-refractivity contribution in [1.29, 1.82) is 0 Å². The minimum absolute atomic E-state index is 0.0362. The third-order valence-electron chi connectivity index (χ3n) is 9.05. The standard InChI is InChI=1S/C32H28Cl2F3N7O6/c1-16-26-24(31(50-16)8-10-42(11-9-31)29(48)25-21(45)4-5-22(34)39-25)28(47)44-30(40-27(41-44)17-6-12-49-13-7-17)43(26)15-23(46)38-20-3-2-18(14-19(20)33)32(35,36)37/h2-6,14,16,45H,7-13,15H2,1H3,(H,38,46)/t16-/m1/s1. The van der Waals surface area contributed by atoms with Crippen LogP contribution in [0, 0.1) is 0 Å². The molecule has 262 valence electrons. The van der Waals surface area contributed by atoms with E-state index in [0.29, 0.717) is 25.3 Å². The van der Waals surface area contributed by atoms with Crippen LogP contribution in [0.5, 0.6) is 5.75 Å². The van der Waals surface area contributed by atoms with Gasteiger partial charge in [0.05, 0.1) is 46.8 Å². The summed E-state index contributed by atoms with van der Waals surface area (Å²) in [5, 5.41) is 17.1. The first-order chi connectivity index (χ1) is 23.8. The lowest BCUT2D eigenvalue weighted by Crippen LogP contribution is -2.47. The molecule has 4 aromatic rings. The molecule has 2 N–H and O–H groups in total. The van der Waals surface area contributed by atoms with Crippen LogP contribution in [-0.4, -0.2) is 72.3 Å². The lowest BCUT2D eigenvalue weighted by atomic mass is 9.85. The lowest BCUT2D eigenvalue weighted by molar-refractivity contribution is -0.137. The number of nitrogens with zero attached hydrogens (tertiary/aromatic N) is 6. The Balaban J connectivity index is 1.26. The molecule has 13 nitrogen and oxygen atoms in total. The van der Waals surface area contributed by atoms with Crippen LogP contribution in [0.25, 0.3) is 11.4 Å². The molecule has 1 atom stereocenters. The quantitative estimate of drug-likeness (QED) is 0.271. The maximum Gasteiger partial charge on any atom is 0.416 e. The van der Waals surface area contributed by atoms with Crippen LogP contribution in [0.15, 0.2) is 41.2 Å². The van der Waals surface area contributed by atoms with E-state index in [1.165, 1.54) is 21.6 Å². The van der Waals surface area contributed by atoms with Crippen molar-refractivity contribution in [1.82, 2.24) is 29.0 Å². The van der Waals surface area contributed by atoms with E-state index < -0.39 is 47.4 Å². The molecule has 50 heavy (non-hydrogen) atoms. The van der Waals surface area contributed by atoms with Crippen molar-refractivity contribution in [2.45, 2.75) is 50.6 Å². The number of alkyl halides is 3. The van der Waals surface area contributed by atoms with Crippen LogP contribution in [0.1, 0.15) is 65.4 Å². The number of carbonyl (C=O) groups excluding carboxylic acids is 2. The van der Waals surface area contributed by atoms with Crippen LogP contribution >= 0.6 is 23.2 Å². The number of piperidine rings is 1. The number of anilines is 1. The molecule has 6 heterocycles. The van der Waals surface area contributed by atoms with E-state index in [0.717, 1.165) is 28.3 Å². The molecule has 1 spiro atoms. The van der Waals surface area contributed by atoms with Gasteiger partial charge in [-0.1, -0.05) is 29.3 Å². The van der Waals surface area contributed by atoms with E-state index in [4.69, 9.17) is 32.7 Å². The summed E-state index contributed by atoms with van der Waals surface area (Å²) in [5.74, 6) is -1.17. The summed E-state index contributed by atoms with van der Waals surface area (Å²) in [4.78, 5) is 51.3. The second kappa shape index (κ2) is 12.7. The van der Waals surface area contributed by atoms with E-state index in [1.54, 1.807) is 6.92 Å². The molecule has 0 unspecified atom stereocenters. The van der Waals surface area contributed by atoms with Gasteiger partial charge in [0, 0.05) is 13.1 Å². The number of hydrogen-bond acceptors (Lipinski definition) is 9. The van der Waals surface area contributed by atoms with Gasteiger partial charge in [-0.3, -0.25) is 14.4 Å². The Morgan fingerprint density at radius 1 is 1.14 bits per heavy atom. The van der Waals surface area contributed by atoms with Gasteiger partial charge in [0.1, 0.15) is 23.0 Å². The number of nitrogens with one attached hydrogen (secondary N) is 1. The number of carbonyl (C=O) groups is 2. The Kier molecular flexibility index (Phi) is 8.61. The fourth-order valence-corrected chi connectivity index (χ4v) is 7.07. The van der Waals surface area contributed by atoms with Gasteiger partial charge in [-0.05, 0) is 62.1 Å². The molecule has 18 heteroatoms. The number of benzene rings is 1. The van der Waals surface area contributed by atoms with Crippen LogP contribution < -0.4 is 10.9 Å². The molecule has 0 bridgehead atoms. The number of aromatic hydroxyl groups is 1. The minimum Gasteiger partial charge on any atom is -0.505 e. The summed E-state index contributed by atoms with van der Waals surface area (Å²) in [6.45, 7) is 2.36. The Labute approximate surface area is 291 Å². The van der Waals surface area contributed by atoms with Crippen molar-refractivity contribution in [3.63, 3.8) is 0 Å². The summed E-state index contributed by atoms with van der Waals surface area (Å²) >= 11 is 12.1. The summed E-state index contributed by atoms with van der Waals surface area (Å²) in [7, 11) is 0. The van der Waals surface area contributed by atoms with Crippen molar-refractivity contribution < 1.29 is 37.3 Å². The summed E-state index contributed by atoms with van der Waals surface area (Å²) in [6.07, 6.45) is -2.64. The predicted molar refractivity (Wildman–Crippen MR) is 173 cm³/mol. The molecular weight excluding hydrogens is 706 g/mol. The van der Waals surface area contributed by atoms with E-state index >= 15 is 0 Å². The third kappa shape index (κ3) is 5.99. The van der Waals surface area contributed by atoms with Gasteiger partial charge in [0.25, 0.3) is 11.5 Å². The monoisotopic (exact) mass is 733 g/mol. The molecule has 3 aromatic heterocycles. The number of amides is 2. The number of hydrogen-bond donors (Lipinski definition) is 2. The van der Waals surface area contributed by atoms with Gasteiger partial charge in [-0.2, -0.15) is 22.7 Å². The van der Waals surface area contributed by atoms with Crippen LogP contribution in [0.2, 0.25) is 10.2 Å². The average Bonchev–Trinajstić information content (AvgIpc) is 3.65. The summed E-state index contributed by atoms with van der Waals surface area (Å²) < 4.78 is 54.2. The van der Waals surface area contributed by atoms with Crippen LogP contribution in [0.4, 0.5) is 18.9 Å². The van der Waals surface area contributed by atoms with Gasteiger partial charge in [-0.15, -0.1) is 5.10 Å². The Hall–Kier alpha value is -4.51. The Bertz CT molecular complexity index is 2140. The second-order valence-corrected chi connectivity index (χ2v) is 12.9. The van der Waals surface area contributed by atoms with E-state index in [9.17, 15) is 32.7 Å². The normalized spacial score (nSPS) is 18.7. The zero-order valence-electron chi connectivity index (χ0n) is 26.3. The summed E-state index contributed by atoms with van der Waals surface area (Å²) in [5.41, 5.74) is -1.47. The topological polar surface area (TPSA) is 153 Å². The molecule has 3 aliphatic rings. The predicted octanol–water partition coefficient (Wildman–Crippen LogP) is 4.98. The molecule has 7 rings (SSSR count). The molecule has 3 aliphatic heterocycles. The number of aromatic nitrogens is 5. The number of rotatable bonds is 5. The van der Waals surface area contributed by atoms with Gasteiger partial charge in [0.15, 0.2) is 11.5 Å². The zero-order valence-corrected chi connectivity index (χ0v) is 27.8. The Morgan fingerprint density at radius 2 is 1.90 bits per heavy atom. The maximum absolute atomic E-state index is 14.3. The molecule has 0 aliphatic carbocycles. The van der Waals surface area contributed by atoms with Gasteiger partial charge < -0.3 is 29.4 Å². The number of fused-ring (bicyclic) bond motifs is 3. The molecule has 1 fully saturated rings. The van der Waals surface area contributed by atoms with E-state index in [1.807, 2.05) is 6.08 Å². The molecule has 0 radical (unpaired) electrons. The number of ether oxygens (including phenoxy) is 2. The highest BCUT2D eigenvalue weighted by Gasteiger charge is 2.50. The fourth-order valence-electron chi connectivity index (χ4n) is 6.70. The Morgan fingerprint density at radius 3 is 2.58 bits per heavy atom. The second-order valence-electron chi connectivity index (χ2n) is 12.1. The first-order valence-corrected chi connectivity index (χ1v) is 16.3. The fraction of sp³-hybridized carbons (Fsp3) is 0.375. The first-order valence-electron chi connectivity index (χ1n) is 15.6. The summed E-state index contributed by atoms with van der Waals surface area (Å²) in [6, 6.07) is 5.24. The highest BCUT2D eigenvalue weighted by atomic mass is 35.5. The average molecular weight is 735 g/mol. The number of pyridine rings is 1. The third-order valence-corrected chi connectivity index (χ3v) is 9.57. The van der Waals surface area contributed by atoms with Crippen molar-refractivity contribution >= 4 is 52.1 Å². The maximum atomic E-state index is 14.3. The van der Waals surface area contributed by atoms with Crippen LogP contribution in [0.3, 0.4) is 0 Å². The zero-order chi connectivity index (χ0) is 35.5. The van der Waals surface area contributed by atoms with Crippen molar-refractivity contribution in [3.05, 3.63) is 85.3 Å².